The maximum Gasteiger partial charge on any atom is 0.306 e. The molecule has 0 fully saturated rings. The van der Waals surface area contributed by atoms with Gasteiger partial charge in [0.2, 0.25) is 5.78 Å². The minimum atomic E-state index is -0.446. The van der Waals surface area contributed by atoms with Crippen LogP contribution in [0.1, 0.15) is 40.7 Å². The van der Waals surface area contributed by atoms with E-state index in [4.69, 9.17) is 9.47 Å². The Morgan fingerprint density at radius 1 is 1.03 bits per heavy atom. The minimum absolute atomic E-state index is 0.152. The van der Waals surface area contributed by atoms with Gasteiger partial charge in [-0.1, -0.05) is 24.3 Å². The number of para-hydroxylation sites is 1. The van der Waals surface area contributed by atoms with Crippen molar-refractivity contribution in [3.63, 3.8) is 0 Å². The van der Waals surface area contributed by atoms with Crippen LogP contribution >= 0.6 is 0 Å². The Hall–Kier alpha value is -3.41. The molecule has 1 heterocycles. The fourth-order valence-corrected chi connectivity index (χ4v) is 3.60. The zero-order valence-corrected chi connectivity index (χ0v) is 18.0. The van der Waals surface area contributed by atoms with Gasteiger partial charge in [0.25, 0.3) is 0 Å². The fraction of sp³-hybridized carbons (Fsp3) is 0.280. The van der Waals surface area contributed by atoms with Crippen molar-refractivity contribution in [2.24, 2.45) is 0 Å². The van der Waals surface area contributed by atoms with Crippen molar-refractivity contribution in [2.45, 2.75) is 33.6 Å². The first-order valence-electron chi connectivity index (χ1n) is 10.2. The first-order chi connectivity index (χ1) is 14.9. The second-order valence-corrected chi connectivity index (χ2v) is 7.22. The Morgan fingerprint density at radius 2 is 1.81 bits per heavy atom. The summed E-state index contributed by atoms with van der Waals surface area (Å²) >= 11 is 0. The number of aryl methyl sites for hydroxylation is 2. The molecular weight excluding hydrogens is 397 g/mol. The van der Waals surface area contributed by atoms with Crippen LogP contribution < -0.4 is 4.74 Å². The molecule has 0 aliphatic heterocycles. The Labute approximate surface area is 181 Å². The van der Waals surface area contributed by atoms with E-state index >= 15 is 0 Å². The quantitative estimate of drug-likeness (QED) is 0.359. The van der Waals surface area contributed by atoms with Crippen molar-refractivity contribution < 1.29 is 23.5 Å². The molecule has 0 aliphatic carbocycles. The van der Waals surface area contributed by atoms with E-state index in [9.17, 15) is 14.0 Å². The third-order valence-corrected chi connectivity index (χ3v) is 5.03. The fourth-order valence-electron chi connectivity index (χ4n) is 3.60. The number of nitrogens with zero attached hydrogens (tertiary/aromatic N) is 1. The number of carbonyl (C=O) groups excluding carboxylic acids is 2. The number of benzene rings is 2. The van der Waals surface area contributed by atoms with E-state index in [1.807, 2.05) is 42.7 Å². The Morgan fingerprint density at radius 3 is 2.55 bits per heavy atom. The first-order valence-corrected chi connectivity index (χ1v) is 10.2. The molecule has 0 saturated carbocycles. The lowest BCUT2D eigenvalue weighted by Gasteiger charge is -2.10. The number of ether oxygens (including phenoxy) is 2. The number of ketones is 1. The highest BCUT2D eigenvalue weighted by molar-refractivity contribution is 5.99. The summed E-state index contributed by atoms with van der Waals surface area (Å²) in [5, 5.41) is 0. The van der Waals surface area contributed by atoms with Crippen LogP contribution in [0.4, 0.5) is 4.39 Å². The van der Waals surface area contributed by atoms with Crippen LogP contribution in [0.25, 0.3) is 5.69 Å². The molecule has 0 N–H and O–H groups in total. The zero-order chi connectivity index (χ0) is 22.4. The lowest BCUT2D eigenvalue weighted by molar-refractivity contribution is -0.142. The summed E-state index contributed by atoms with van der Waals surface area (Å²) in [6.07, 6.45) is 0.622. The van der Waals surface area contributed by atoms with Crippen molar-refractivity contribution in [3.05, 3.63) is 82.9 Å². The second kappa shape index (κ2) is 10.1. The van der Waals surface area contributed by atoms with Crippen molar-refractivity contribution in [1.82, 2.24) is 4.57 Å². The molecule has 2 aromatic carbocycles. The summed E-state index contributed by atoms with van der Waals surface area (Å²) < 4.78 is 26.2. The molecule has 5 nitrogen and oxygen atoms in total. The molecule has 0 atom stereocenters. The van der Waals surface area contributed by atoms with Gasteiger partial charge in [-0.15, -0.1) is 0 Å². The molecule has 6 heteroatoms. The van der Waals surface area contributed by atoms with Crippen LogP contribution in [0.15, 0.2) is 54.6 Å². The molecule has 162 valence electrons. The van der Waals surface area contributed by atoms with Crippen molar-refractivity contribution in [2.75, 3.05) is 13.2 Å². The van der Waals surface area contributed by atoms with Gasteiger partial charge in [-0.3, -0.25) is 9.59 Å². The molecule has 3 rings (SSSR count). The third-order valence-electron chi connectivity index (χ3n) is 5.03. The molecule has 0 unspecified atom stereocenters. The first kappa shape index (κ1) is 22.3. The largest absolute Gasteiger partial charge is 0.494 e. The lowest BCUT2D eigenvalue weighted by Crippen LogP contribution is -2.15. The SMILES string of the molecule is CCOc1ccccc1CCC(=O)OCC(=O)c1cc(C)n(-c2cccc(F)c2)c1C. The van der Waals surface area contributed by atoms with Crippen LogP contribution in [0, 0.1) is 19.7 Å². The van der Waals surface area contributed by atoms with E-state index in [2.05, 4.69) is 0 Å². The van der Waals surface area contributed by atoms with Gasteiger partial charge in [0.05, 0.1) is 6.61 Å². The van der Waals surface area contributed by atoms with Gasteiger partial charge in [0.15, 0.2) is 6.61 Å². The molecule has 31 heavy (non-hydrogen) atoms. The molecule has 0 bridgehead atoms. The Bertz CT molecular complexity index is 1090. The summed E-state index contributed by atoms with van der Waals surface area (Å²) in [6, 6.07) is 15.5. The smallest absolute Gasteiger partial charge is 0.306 e. The summed E-state index contributed by atoms with van der Waals surface area (Å²) in [7, 11) is 0. The molecule has 0 spiro atoms. The van der Waals surface area contributed by atoms with E-state index in [0.717, 1.165) is 17.0 Å². The molecule has 1 aromatic heterocycles. The zero-order valence-electron chi connectivity index (χ0n) is 18.0. The Balaban J connectivity index is 1.61. The average Bonchev–Trinajstić information content (AvgIpc) is 3.05. The van der Waals surface area contributed by atoms with Crippen molar-refractivity contribution in [1.29, 1.82) is 0 Å². The van der Waals surface area contributed by atoms with Crippen LogP contribution in [-0.2, 0) is 16.0 Å². The number of Topliss-reactive ketones (excluding diaryl/α,β-unsaturated/α-hetero) is 1. The highest BCUT2D eigenvalue weighted by atomic mass is 19.1. The molecule has 3 aromatic rings. The average molecular weight is 423 g/mol. The van der Waals surface area contributed by atoms with E-state index < -0.39 is 5.97 Å². The maximum atomic E-state index is 13.6. The van der Waals surface area contributed by atoms with E-state index in [-0.39, 0.29) is 24.6 Å². The molecule has 0 amide bonds. The summed E-state index contributed by atoms with van der Waals surface area (Å²) in [4.78, 5) is 24.8. The highest BCUT2D eigenvalue weighted by Crippen LogP contribution is 2.22. The van der Waals surface area contributed by atoms with Gasteiger partial charge >= 0.3 is 5.97 Å². The minimum Gasteiger partial charge on any atom is -0.494 e. The summed E-state index contributed by atoms with van der Waals surface area (Å²) in [5.74, 6) is -0.339. The highest BCUT2D eigenvalue weighted by Gasteiger charge is 2.18. The number of hydrogen-bond donors (Lipinski definition) is 0. The Kier molecular flexibility index (Phi) is 7.23. The van der Waals surface area contributed by atoms with E-state index in [1.165, 1.54) is 12.1 Å². The number of aromatic nitrogens is 1. The molecule has 0 saturated heterocycles. The molecule has 0 radical (unpaired) electrons. The summed E-state index contributed by atoms with van der Waals surface area (Å²) in [6.45, 7) is 5.75. The topological polar surface area (TPSA) is 57.5 Å². The van der Waals surface area contributed by atoms with Gasteiger partial charge in [-0.05, 0) is 63.1 Å². The van der Waals surface area contributed by atoms with Crippen LogP contribution in [0.3, 0.4) is 0 Å². The van der Waals surface area contributed by atoms with Gasteiger partial charge < -0.3 is 14.0 Å². The number of carbonyl (C=O) groups is 2. The summed E-state index contributed by atoms with van der Waals surface area (Å²) in [5.41, 5.74) is 3.49. The van der Waals surface area contributed by atoms with Gasteiger partial charge in [0, 0.05) is 29.1 Å². The third kappa shape index (κ3) is 5.40. The normalized spacial score (nSPS) is 10.7. The van der Waals surface area contributed by atoms with Gasteiger partial charge in [0.1, 0.15) is 11.6 Å². The molecular formula is C25H26FNO4. The van der Waals surface area contributed by atoms with Gasteiger partial charge in [-0.25, -0.2) is 4.39 Å². The van der Waals surface area contributed by atoms with Crippen molar-refractivity contribution >= 4 is 11.8 Å². The number of halogens is 1. The number of esters is 1. The van der Waals surface area contributed by atoms with E-state index in [1.54, 1.807) is 25.1 Å². The predicted octanol–water partition coefficient (Wildman–Crippen LogP) is 4.99. The second-order valence-electron chi connectivity index (χ2n) is 7.22. The van der Waals surface area contributed by atoms with Gasteiger partial charge in [-0.2, -0.15) is 0 Å². The van der Waals surface area contributed by atoms with E-state index in [0.29, 0.717) is 30.0 Å². The standard InChI is InChI=1S/C25H26FNO4/c1-4-30-24-11-6-5-8-19(24)12-13-25(29)31-16-23(28)22-14-17(2)27(18(22)3)21-10-7-9-20(26)15-21/h5-11,14-15H,4,12-13,16H2,1-3H3. The number of rotatable bonds is 9. The predicted molar refractivity (Wildman–Crippen MR) is 116 cm³/mol. The van der Waals surface area contributed by atoms with Crippen LogP contribution in [0.5, 0.6) is 5.75 Å². The van der Waals surface area contributed by atoms with Crippen LogP contribution in [0.2, 0.25) is 0 Å². The van der Waals surface area contributed by atoms with Crippen molar-refractivity contribution in [3.8, 4) is 11.4 Å². The maximum absolute atomic E-state index is 13.6. The molecule has 0 aliphatic rings. The monoisotopic (exact) mass is 423 g/mol. The van der Waals surface area contributed by atoms with Crippen LogP contribution in [-0.4, -0.2) is 29.5 Å². The lowest BCUT2D eigenvalue weighted by atomic mass is 10.1. The number of hydrogen-bond acceptors (Lipinski definition) is 4.